The summed E-state index contributed by atoms with van der Waals surface area (Å²) in [4.78, 5) is 15.3. The highest BCUT2D eigenvalue weighted by atomic mass is 32.1. The van der Waals surface area contributed by atoms with Crippen molar-refractivity contribution in [1.82, 2.24) is 5.32 Å². The van der Waals surface area contributed by atoms with Gasteiger partial charge in [0.15, 0.2) is 0 Å². The average Bonchev–Trinajstić information content (AvgIpc) is 2.60. The van der Waals surface area contributed by atoms with Crippen LogP contribution in [0.1, 0.15) is 35.9 Å². The Morgan fingerprint density at radius 1 is 1.58 bits per heavy atom. The third-order valence-corrected chi connectivity index (χ3v) is 5.21. The first-order chi connectivity index (χ1) is 8.94. The number of nitrogens with two attached hydrogens (primary N) is 1. The number of aryl methyl sites for hydroxylation is 1. The Bertz CT molecular complexity index is 491. The van der Waals surface area contributed by atoms with Crippen molar-refractivity contribution in [2.75, 3.05) is 0 Å². The van der Waals surface area contributed by atoms with E-state index in [1.807, 2.05) is 6.92 Å². The minimum Gasteiger partial charge on any atom is -0.392 e. The van der Waals surface area contributed by atoms with E-state index >= 15 is 0 Å². The van der Waals surface area contributed by atoms with Crippen LogP contribution in [0.25, 0.3) is 0 Å². The standard InChI is InChI=1S/C14H20N2OS2/c1-9(8-11-5-4-10(2)19-11)16-13(17)14(12(15)18)6-3-7-14/h4-5,9H,3,6-8H2,1-2H3,(H2,15,18)(H,16,17). The van der Waals surface area contributed by atoms with Gasteiger partial charge in [0.2, 0.25) is 5.91 Å². The van der Waals surface area contributed by atoms with Crippen molar-refractivity contribution in [3.8, 4) is 0 Å². The summed E-state index contributed by atoms with van der Waals surface area (Å²) in [5.41, 5.74) is 5.16. The molecule has 1 aromatic heterocycles. The van der Waals surface area contributed by atoms with Gasteiger partial charge in [-0.3, -0.25) is 4.79 Å². The van der Waals surface area contributed by atoms with Gasteiger partial charge in [0.05, 0.1) is 10.4 Å². The van der Waals surface area contributed by atoms with Crippen molar-refractivity contribution in [2.24, 2.45) is 11.1 Å². The Balaban J connectivity index is 1.93. The van der Waals surface area contributed by atoms with Crippen molar-refractivity contribution in [3.05, 3.63) is 21.9 Å². The van der Waals surface area contributed by atoms with E-state index in [0.29, 0.717) is 4.99 Å². The van der Waals surface area contributed by atoms with Gasteiger partial charge in [-0.25, -0.2) is 0 Å². The molecule has 1 aromatic rings. The molecule has 19 heavy (non-hydrogen) atoms. The highest BCUT2D eigenvalue weighted by Crippen LogP contribution is 2.41. The van der Waals surface area contributed by atoms with Gasteiger partial charge in [0, 0.05) is 22.2 Å². The number of rotatable bonds is 5. The highest BCUT2D eigenvalue weighted by molar-refractivity contribution is 7.80. The summed E-state index contributed by atoms with van der Waals surface area (Å²) < 4.78 is 0. The molecule has 3 nitrogen and oxygen atoms in total. The molecule has 0 radical (unpaired) electrons. The van der Waals surface area contributed by atoms with Crippen LogP contribution in [0.2, 0.25) is 0 Å². The maximum absolute atomic E-state index is 12.3. The van der Waals surface area contributed by atoms with Gasteiger partial charge < -0.3 is 11.1 Å². The van der Waals surface area contributed by atoms with E-state index in [1.54, 1.807) is 11.3 Å². The molecule has 2 rings (SSSR count). The molecule has 1 aliphatic rings. The molecule has 0 aromatic carbocycles. The first kappa shape index (κ1) is 14.5. The van der Waals surface area contributed by atoms with Gasteiger partial charge in [0.1, 0.15) is 0 Å². The van der Waals surface area contributed by atoms with Crippen LogP contribution in [-0.2, 0) is 11.2 Å². The molecule has 5 heteroatoms. The van der Waals surface area contributed by atoms with E-state index in [0.717, 1.165) is 25.7 Å². The second-order valence-electron chi connectivity index (χ2n) is 5.39. The van der Waals surface area contributed by atoms with E-state index < -0.39 is 5.41 Å². The fraction of sp³-hybridized carbons (Fsp3) is 0.571. The lowest BCUT2D eigenvalue weighted by Gasteiger charge is -2.39. The van der Waals surface area contributed by atoms with E-state index in [4.69, 9.17) is 18.0 Å². The zero-order valence-corrected chi connectivity index (χ0v) is 13.0. The predicted molar refractivity (Wildman–Crippen MR) is 83.4 cm³/mol. The Morgan fingerprint density at radius 2 is 2.26 bits per heavy atom. The largest absolute Gasteiger partial charge is 0.392 e. The van der Waals surface area contributed by atoms with Crippen LogP contribution in [0.15, 0.2) is 12.1 Å². The number of carbonyl (C=O) groups excluding carboxylic acids is 1. The number of thiocarbonyl (C=S) groups is 1. The number of hydrogen-bond donors (Lipinski definition) is 2. The molecule has 1 unspecified atom stereocenters. The molecule has 104 valence electrons. The molecule has 1 amide bonds. The van der Waals surface area contributed by atoms with Gasteiger partial charge in [0.25, 0.3) is 0 Å². The van der Waals surface area contributed by atoms with E-state index in [-0.39, 0.29) is 11.9 Å². The van der Waals surface area contributed by atoms with Crippen LogP contribution in [0, 0.1) is 12.3 Å². The minimum atomic E-state index is -0.574. The maximum Gasteiger partial charge on any atom is 0.233 e. The minimum absolute atomic E-state index is 0.00651. The Hall–Kier alpha value is -0.940. The molecular formula is C14H20N2OS2. The summed E-state index contributed by atoms with van der Waals surface area (Å²) in [6.07, 6.45) is 3.47. The van der Waals surface area contributed by atoms with Crippen LogP contribution in [0.3, 0.4) is 0 Å². The Morgan fingerprint density at radius 3 is 2.68 bits per heavy atom. The quantitative estimate of drug-likeness (QED) is 0.821. The fourth-order valence-corrected chi connectivity index (χ4v) is 3.74. The summed E-state index contributed by atoms with van der Waals surface area (Å²) in [5, 5.41) is 3.06. The Kier molecular flexibility index (Phi) is 4.26. The third-order valence-electron chi connectivity index (χ3n) is 3.79. The summed E-state index contributed by atoms with van der Waals surface area (Å²) in [6, 6.07) is 4.34. The van der Waals surface area contributed by atoms with Crippen molar-refractivity contribution in [3.63, 3.8) is 0 Å². The first-order valence-electron chi connectivity index (χ1n) is 6.60. The third kappa shape index (κ3) is 2.98. The first-order valence-corrected chi connectivity index (χ1v) is 7.83. The molecule has 0 spiro atoms. The monoisotopic (exact) mass is 296 g/mol. The summed E-state index contributed by atoms with van der Waals surface area (Å²) in [5.74, 6) is 0.00651. The zero-order chi connectivity index (χ0) is 14.0. The second-order valence-corrected chi connectivity index (χ2v) is 7.20. The van der Waals surface area contributed by atoms with E-state index in [9.17, 15) is 4.79 Å². The zero-order valence-electron chi connectivity index (χ0n) is 11.4. The fourth-order valence-electron chi connectivity index (χ4n) is 2.43. The number of amides is 1. The molecule has 1 heterocycles. The maximum atomic E-state index is 12.3. The SMILES string of the molecule is Cc1ccc(CC(C)NC(=O)C2(C(N)=S)CCC2)s1. The number of nitrogens with one attached hydrogen (secondary N) is 1. The molecule has 1 atom stereocenters. The topological polar surface area (TPSA) is 55.1 Å². The predicted octanol–water partition coefficient (Wildman–Crippen LogP) is 2.56. The Labute approximate surface area is 123 Å². The van der Waals surface area contributed by atoms with Gasteiger partial charge in [-0.1, -0.05) is 18.6 Å². The lowest BCUT2D eigenvalue weighted by Crippen LogP contribution is -2.55. The van der Waals surface area contributed by atoms with Crippen molar-refractivity contribution in [2.45, 2.75) is 45.6 Å². The van der Waals surface area contributed by atoms with Crippen LogP contribution in [-0.4, -0.2) is 16.9 Å². The molecule has 1 fully saturated rings. The lowest BCUT2D eigenvalue weighted by molar-refractivity contribution is -0.131. The number of thiophene rings is 1. The molecule has 0 saturated heterocycles. The van der Waals surface area contributed by atoms with Crippen molar-refractivity contribution in [1.29, 1.82) is 0 Å². The van der Waals surface area contributed by atoms with Crippen LogP contribution >= 0.6 is 23.6 Å². The van der Waals surface area contributed by atoms with E-state index in [2.05, 4.69) is 24.4 Å². The summed E-state index contributed by atoms with van der Waals surface area (Å²) in [7, 11) is 0. The normalized spacial score (nSPS) is 18.4. The molecule has 1 saturated carbocycles. The smallest absolute Gasteiger partial charge is 0.233 e. The van der Waals surface area contributed by atoms with Gasteiger partial charge in [-0.2, -0.15) is 0 Å². The molecule has 0 aliphatic heterocycles. The molecule has 1 aliphatic carbocycles. The van der Waals surface area contributed by atoms with Crippen molar-refractivity contribution >= 4 is 34.5 Å². The molecular weight excluding hydrogens is 276 g/mol. The van der Waals surface area contributed by atoms with Gasteiger partial charge in [-0.15, -0.1) is 11.3 Å². The van der Waals surface area contributed by atoms with Crippen LogP contribution < -0.4 is 11.1 Å². The summed E-state index contributed by atoms with van der Waals surface area (Å²) >= 11 is 6.84. The number of hydrogen-bond acceptors (Lipinski definition) is 3. The molecule has 0 bridgehead atoms. The lowest BCUT2D eigenvalue weighted by atomic mass is 9.68. The average molecular weight is 296 g/mol. The van der Waals surface area contributed by atoms with Crippen molar-refractivity contribution < 1.29 is 4.79 Å². The molecule has 3 N–H and O–H groups in total. The van der Waals surface area contributed by atoms with E-state index in [1.165, 1.54) is 9.75 Å². The van der Waals surface area contributed by atoms with Crippen LogP contribution in [0.4, 0.5) is 0 Å². The number of carbonyl (C=O) groups is 1. The van der Waals surface area contributed by atoms with Gasteiger partial charge in [-0.05, 0) is 38.8 Å². The second kappa shape index (κ2) is 5.59. The van der Waals surface area contributed by atoms with Gasteiger partial charge >= 0.3 is 0 Å². The highest BCUT2D eigenvalue weighted by Gasteiger charge is 2.47. The van der Waals surface area contributed by atoms with Crippen LogP contribution in [0.5, 0.6) is 0 Å². The summed E-state index contributed by atoms with van der Waals surface area (Å²) in [6.45, 7) is 4.12.